The van der Waals surface area contributed by atoms with Crippen LogP contribution in [0, 0.1) is 0 Å². The molecular formula is C13H20N2O2. The normalized spacial score (nSPS) is 20.7. The summed E-state index contributed by atoms with van der Waals surface area (Å²) in [6.45, 7) is 2.94. The van der Waals surface area contributed by atoms with Crippen molar-refractivity contribution >= 4 is 0 Å². The van der Waals surface area contributed by atoms with Crippen molar-refractivity contribution in [2.24, 2.45) is 0 Å². The lowest BCUT2D eigenvalue weighted by atomic mass is 10.1. The van der Waals surface area contributed by atoms with Crippen LogP contribution in [-0.2, 0) is 6.54 Å². The van der Waals surface area contributed by atoms with Gasteiger partial charge in [0, 0.05) is 19.1 Å². The lowest BCUT2D eigenvalue weighted by Gasteiger charge is -2.31. The Morgan fingerprint density at radius 2 is 2.18 bits per heavy atom. The first-order valence-electron chi connectivity index (χ1n) is 6.08. The molecule has 1 unspecified atom stereocenters. The summed E-state index contributed by atoms with van der Waals surface area (Å²) in [5.41, 5.74) is 1.02. The Kier molecular flexibility index (Phi) is 3.86. The zero-order valence-corrected chi connectivity index (χ0v) is 10.2. The van der Waals surface area contributed by atoms with E-state index in [1.54, 1.807) is 6.07 Å². The minimum atomic E-state index is -0.0595. The first kappa shape index (κ1) is 12.2. The fourth-order valence-electron chi connectivity index (χ4n) is 2.29. The van der Waals surface area contributed by atoms with E-state index in [-0.39, 0.29) is 11.5 Å². The van der Waals surface area contributed by atoms with E-state index in [1.165, 1.54) is 18.9 Å². The third-order valence-corrected chi connectivity index (χ3v) is 3.37. The molecule has 1 atom stereocenters. The van der Waals surface area contributed by atoms with Crippen LogP contribution in [0.25, 0.3) is 0 Å². The molecule has 4 nitrogen and oxygen atoms in total. The number of likely N-dealkylation sites (N-methyl/N-ethyl adjacent to an activating group) is 1. The van der Waals surface area contributed by atoms with Gasteiger partial charge in [0.2, 0.25) is 0 Å². The van der Waals surface area contributed by atoms with Crippen LogP contribution in [0.3, 0.4) is 0 Å². The second kappa shape index (κ2) is 5.38. The van der Waals surface area contributed by atoms with Crippen molar-refractivity contribution in [2.45, 2.75) is 25.4 Å². The third kappa shape index (κ3) is 3.11. The van der Waals surface area contributed by atoms with Crippen molar-refractivity contribution in [2.75, 3.05) is 20.1 Å². The number of aromatic hydroxyl groups is 2. The number of hydrogen-bond donors (Lipinski definition) is 3. The largest absolute Gasteiger partial charge is 0.504 e. The van der Waals surface area contributed by atoms with Gasteiger partial charge in [0.05, 0.1) is 0 Å². The highest BCUT2D eigenvalue weighted by molar-refractivity contribution is 5.40. The van der Waals surface area contributed by atoms with Gasteiger partial charge in [-0.1, -0.05) is 6.07 Å². The first-order valence-corrected chi connectivity index (χ1v) is 6.08. The molecule has 1 aliphatic rings. The number of benzene rings is 1. The van der Waals surface area contributed by atoms with Crippen molar-refractivity contribution in [3.05, 3.63) is 23.8 Å². The minimum absolute atomic E-state index is 0.0438. The van der Waals surface area contributed by atoms with Crippen LogP contribution < -0.4 is 5.32 Å². The van der Waals surface area contributed by atoms with Gasteiger partial charge in [0.1, 0.15) is 0 Å². The fraction of sp³-hybridized carbons (Fsp3) is 0.538. The van der Waals surface area contributed by atoms with Crippen LogP contribution in [0.2, 0.25) is 0 Å². The van der Waals surface area contributed by atoms with Gasteiger partial charge in [0.25, 0.3) is 0 Å². The molecule has 1 saturated heterocycles. The van der Waals surface area contributed by atoms with Crippen molar-refractivity contribution in [1.29, 1.82) is 0 Å². The monoisotopic (exact) mass is 236 g/mol. The quantitative estimate of drug-likeness (QED) is 0.692. The molecule has 1 aromatic rings. The molecular weight excluding hydrogens is 216 g/mol. The Morgan fingerprint density at radius 3 is 2.82 bits per heavy atom. The second-order valence-electron chi connectivity index (χ2n) is 4.74. The van der Waals surface area contributed by atoms with Gasteiger partial charge in [-0.25, -0.2) is 0 Å². The molecule has 1 heterocycles. The SMILES string of the molecule is CN(Cc1ccc(O)c(O)c1)C1CCCNC1. The van der Waals surface area contributed by atoms with E-state index in [1.807, 2.05) is 6.07 Å². The molecule has 2 rings (SSSR count). The molecule has 1 fully saturated rings. The molecule has 1 aliphatic heterocycles. The number of phenolic OH excluding ortho intramolecular Hbond substituents is 2. The molecule has 0 bridgehead atoms. The first-order chi connectivity index (χ1) is 8.16. The van der Waals surface area contributed by atoms with Crippen LogP contribution in [-0.4, -0.2) is 41.3 Å². The van der Waals surface area contributed by atoms with Gasteiger partial charge in [-0.15, -0.1) is 0 Å². The highest BCUT2D eigenvalue weighted by atomic mass is 16.3. The number of nitrogens with zero attached hydrogens (tertiary/aromatic N) is 1. The summed E-state index contributed by atoms with van der Waals surface area (Å²) in [4.78, 5) is 2.29. The molecule has 1 aromatic carbocycles. The molecule has 17 heavy (non-hydrogen) atoms. The van der Waals surface area contributed by atoms with Crippen LogP contribution in [0.4, 0.5) is 0 Å². The average Bonchev–Trinajstić information content (AvgIpc) is 2.35. The Balaban J connectivity index is 1.96. The predicted octanol–water partition coefficient (Wildman–Crippen LogP) is 1.28. The van der Waals surface area contributed by atoms with Crippen LogP contribution >= 0.6 is 0 Å². The molecule has 94 valence electrons. The lowest BCUT2D eigenvalue weighted by molar-refractivity contribution is 0.195. The Labute approximate surface area is 102 Å². The van der Waals surface area contributed by atoms with Gasteiger partial charge >= 0.3 is 0 Å². The van der Waals surface area contributed by atoms with Gasteiger partial charge in [-0.05, 0) is 44.1 Å². The zero-order chi connectivity index (χ0) is 12.3. The summed E-state index contributed by atoms with van der Waals surface area (Å²) in [7, 11) is 2.10. The third-order valence-electron chi connectivity index (χ3n) is 3.37. The van der Waals surface area contributed by atoms with Crippen LogP contribution in [0.15, 0.2) is 18.2 Å². The van der Waals surface area contributed by atoms with Gasteiger partial charge in [0.15, 0.2) is 11.5 Å². The number of phenols is 2. The summed E-state index contributed by atoms with van der Waals surface area (Å²) >= 11 is 0. The van der Waals surface area contributed by atoms with E-state index in [9.17, 15) is 10.2 Å². The minimum Gasteiger partial charge on any atom is -0.504 e. The van der Waals surface area contributed by atoms with Gasteiger partial charge < -0.3 is 15.5 Å². The fourth-order valence-corrected chi connectivity index (χ4v) is 2.29. The lowest BCUT2D eigenvalue weighted by Crippen LogP contribution is -2.43. The number of rotatable bonds is 3. The standard InChI is InChI=1S/C13H20N2O2/c1-15(11-3-2-6-14-8-11)9-10-4-5-12(16)13(17)7-10/h4-5,7,11,14,16-17H,2-3,6,8-9H2,1H3. The number of hydrogen-bond acceptors (Lipinski definition) is 4. The summed E-state index contributed by atoms with van der Waals surface area (Å²) in [5, 5.41) is 22.1. The highest BCUT2D eigenvalue weighted by Gasteiger charge is 2.17. The summed E-state index contributed by atoms with van der Waals surface area (Å²) < 4.78 is 0. The number of nitrogens with one attached hydrogen (secondary N) is 1. The van der Waals surface area contributed by atoms with Crippen LogP contribution in [0.1, 0.15) is 18.4 Å². The van der Waals surface area contributed by atoms with Gasteiger partial charge in [-0.2, -0.15) is 0 Å². The molecule has 4 heteroatoms. The van der Waals surface area contributed by atoms with E-state index < -0.39 is 0 Å². The van der Waals surface area contributed by atoms with E-state index >= 15 is 0 Å². The van der Waals surface area contributed by atoms with Crippen molar-refractivity contribution in [3.8, 4) is 11.5 Å². The molecule has 0 aromatic heterocycles. The van der Waals surface area contributed by atoms with Crippen molar-refractivity contribution in [3.63, 3.8) is 0 Å². The molecule has 0 saturated carbocycles. The molecule has 3 N–H and O–H groups in total. The maximum absolute atomic E-state index is 9.44. The number of piperidine rings is 1. The maximum atomic E-state index is 9.44. The van der Waals surface area contributed by atoms with E-state index in [2.05, 4.69) is 17.3 Å². The van der Waals surface area contributed by atoms with Crippen LogP contribution in [0.5, 0.6) is 11.5 Å². The van der Waals surface area contributed by atoms with Crippen molar-refractivity contribution in [1.82, 2.24) is 10.2 Å². The topological polar surface area (TPSA) is 55.7 Å². The summed E-state index contributed by atoms with van der Waals surface area (Å²) in [6, 6.07) is 5.57. The molecule has 0 radical (unpaired) electrons. The average molecular weight is 236 g/mol. The summed E-state index contributed by atoms with van der Waals surface area (Å²) in [5.74, 6) is -0.103. The molecule has 0 aliphatic carbocycles. The van der Waals surface area contributed by atoms with E-state index in [0.29, 0.717) is 6.04 Å². The Morgan fingerprint density at radius 1 is 1.35 bits per heavy atom. The molecule has 0 amide bonds. The summed E-state index contributed by atoms with van der Waals surface area (Å²) in [6.07, 6.45) is 2.43. The molecule has 0 spiro atoms. The van der Waals surface area contributed by atoms with E-state index in [4.69, 9.17) is 0 Å². The van der Waals surface area contributed by atoms with Crippen molar-refractivity contribution < 1.29 is 10.2 Å². The predicted molar refractivity (Wildman–Crippen MR) is 67.1 cm³/mol. The maximum Gasteiger partial charge on any atom is 0.157 e. The Hall–Kier alpha value is -1.26. The Bertz CT molecular complexity index is 376. The zero-order valence-electron chi connectivity index (χ0n) is 10.2. The second-order valence-corrected chi connectivity index (χ2v) is 4.74. The smallest absolute Gasteiger partial charge is 0.157 e. The highest BCUT2D eigenvalue weighted by Crippen LogP contribution is 2.25. The van der Waals surface area contributed by atoms with E-state index in [0.717, 1.165) is 25.2 Å². The van der Waals surface area contributed by atoms with Gasteiger partial charge in [-0.3, -0.25) is 4.90 Å².